The molecule has 3 N–H and O–H groups in total. The summed E-state index contributed by atoms with van der Waals surface area (Å²) in [5.41, 5.74) is 6.31. The van der Waals surface area contributed by atoms with Crippen LogP contribution in [0.5, 0.6) is 5.75 Å². The largest absolute Gasteiger partial charge is 0.497 e. The Kier molecular flexibility index (Phi) is 5.38. The third kappa shape index (κ3) is 4.35. The average molecular weight is 300 g/mol. The second-order valence-corrected chi connectivity index (χ2v) is 5.29. The molecule has 0 atom stereocenters. The Morgan fingerprint density at radius 3 is 3.00 bits per heavy atom. The molecule has 0 fully saturated rings. The van der Waals surface area contributed by atoms with E-state index in [0.717, 1.165) is 16.2 Å². The van der Waals surface area contributed by atoms with Crippen molar-refractivity contribution in [3.8, 4) is 17.6 Å². The SMILES string of the molecule is COc1cccc(CNC(=O)c2ccc(C#CCN)s2)c1. The van der Waals surface area contributed by atoms with E-state index in [1.54, 1.807) is 13.2 Å². The molecule has 4 nitrogen and oxygen atoms in total. The molecule has 0 aliphatic heterocycles. The average Bonchev–Trinajstić information content (AvgIpc) is 2.99. The standard InChI is InChI=1S/C16H16N2O2S/c1-20-13-5-2-4-12(10-13)11-18-16(19)15-8-7-14(21-15)6-3-9-17/h2,4-5,7-8,10H,9,11,17H2,1H3,(H,18,19). The number of benzene rings is 1. The van der Waals surface area contributed by atoms with E-state index in [9.17, 15) is 4.79 Å². The molecule has 21 heavy (non-hydrogen) atoms. The Balaban J connectivity index is 1.96. The molecule has 5 heteroatoms. The molecule has 1 heterocycles. The molecule has 0 radical (unpaired) electrons. The third-order valence-electron chi connectivity index (χ3n) is 2.73. The van der Waals surface area contributed by atoms with Crippen molar-refractivity contribution in [3.05, 3.63) is 51.7 Å². The van der Waals surface area contributed by atoms with Gasteiger partial charge in [0.25, 0.3) is 5.91 Å². The summed E-state index contributed by atoms with van der Waals surface area (Å²) in [7, 11) is 1.62. The first kappa shape index (κ1) is 15.1. The van der Waals surface area contributed by atoms with Crippen LogP contribution in [-0.4, -0.2) is 19.6 Å². The zero-order chi connectivity index (χ0) is 15.1. The molecule has 0 bridgehead atoms. The van der Waals surface area contributed by atoms with Crippen LogP contribution in [-0.2, 0) is 6.54 Å². The summed E-state index contributed by atoms with van der Waals surface area (Å²) in [6.45, 7) is 0.771. The van der Waals surface area contributed by atoms with Crippen molar-refractivity contribution in [1.82, 2.24) is 5.32 Å². The molecule has 0 spiro atoms. The summed E-state index contributed by atoms with van der Waals surface area (Å²) in [6.07, 6.45) is 0. The molecular formula is C16H16N2O2S. The van der Waals surface area contributed by atoms with Gasteiger partial charge in [-0.25, -0.2) is 0 Å². The number of nitrogens with one attached hydrogen (secondary N) is 1. The fourth-order valence-corrected chi connectivity index (χ4v) is 2.51. The summed E-state index contributed by atoms with van der Waals surface area (Å²) in [4.78, 5) is 13.5. The van der Waals surface area contributed by atoms with E-state index in [4.69, 9.17) is 10.5 Å². The van der Waals surface area contributed by atoms with Crippen molar-refractivity contribution >= 4 is 17.2 Å². The van der Waals surface area contributed by atoms with Gasteiger partial charge in [0.15, 0.2) is 0 Å². The number of nitrogens with two attached hydrogens (primary N) is 1. The van der Waals surface area contributed by atoms with Gasteiger partial charge in [0.2, 0.25) is 0 Å². The molecule has 108 valence electrons. The lowest BCUT2D eigenvalue weighted by Gasteiger charge is -2.05. The van der Waals surface area contributed by atoms with Crippen LogP contribution in [0.4, 0.5) is 0 Å². The van der Waals surface area contributed by atoms with Crippen LogP contribution in [0.3, 0.4) is 0 Å². The highest BCUT2D eigenvalue weighted by atomic mass is 32.1. The summed E-state index contributed by atoms with van der Waals surface area (Å²) >= 11 is 1.36. The molecule has 0 aliphatic rings. The van der Waals surface area contributed by atoms with Crippen LogP contribution in [0.25, 0.3) is 0 Å². The number of hydrogen-bond donors (Lipinski definition) is 2. The van der Waals surface area contributed by atoms with Crippen molar-refractivity contribution in [1.29, 1.82) is 0 Å². The van der Waals surface area contributed by atoms with Gasteiger partial charge in [-0.15, -0.1) is 11.3 Å². The Bertz CT molecular complexity index is 683. The van der Waals surface area contributed by atoms with E-state index >= 15 is 0 Å². The maximum Gasteiger partial charge on any atom is 0.261 e. The van der Waals surface area contributed by atoms with Gasteiger partial charge in [-0.2, -0.15) is 0 Å². The van der Waals surface area contributed by atoms with E-state index < -0.39 is 0 Å². The lowest BCUT2D eigenvalue weighted by Crippen LogP contribution is -2.21. The molecule has 2 rings (SSSR count). The topological polar surface area (TPSA) is 64.3 Å². The van der Waals surface area contributed by atoms with Gasteiger partial charge in [-0.3, -0.25) is 4.79 Å². The van der Waals surface area contributed by atoms with E-state index in [1.165, 1.54) is 11.3 Å². The first-order valence-electron chi connectivity index (χ1n) is 6.43. The number of hydrogen-bond acceptors (Lipinski definition) is 4. The van der Waals surface area contributed by atoms with Crippen molar-refractivity contribution < 1.29 is 9.53 Å². The number of ether oxygens (including phenoxy) is 1. The fraction of sp³-hybridized carbons (Fsp3) is 0.188. The van der Waals surface area contributed by atoms with E-state index in [1.807, 2.05) is 30.3 Å². The van der Waals surface area contributed by atoms with Crippen molar-refractivity contribution in [3.63, 3.8) is 0 Å². The Morgan fingerprint density at radius 2 is 2.24 bits per heavy atom. The zero-order valence-corrected chi connectivity index (χ0v) is 12.5. The highest BCUT2D eigenvalue weighted by Gasteiger charge is 2.08. The second kappa shape index (κ2) is 7.48. The fourth-order valence-electron chi connectivity index (χ4n) is 1.72. The van der Waals surface area contributed by atoms with Crippen molar-refractivity contribution in [2.75, 3.05) is 13.7 Å². The number of carbonyl (C=O) groups is 1. The third-order valence-corrected chi connectivity index (χ3v) is 3.73. The minimum absolute atomic E-state index is 0.108. The van der Waals surface area contributed by atoms with Gasteiger partial charge in [-0.1, -0.05) is 24.0 Å². The van der Waals surface area contributed by atoms with Gasteiger partial charge in [-0.05, 0) is 29.8 Å². The normalized spacial score (nSPS) is 9.62. The van der Waals surface area contributed by atoms with Crippen molar-refractivity contribution in [2.45, 2.75) is 6.54 Å². The van der Waals surface area contributed by atoms with Gasteiger partial charge in [0.1, 0.15) is 5.75 Å². The van der Waals surface area contributed by atoms with Gasteiger partial charge < -0.3 is 15.8 Å². The quantitative estimate of drug-likeness (QED) is 0.849. The highest BCUT2D eigenvalue weighted by molar-refractivity contribution is 7.14. The predicted octanol–water partition coefficient (Wildman–Crippen LogP) is 2.00. The summed E-state index contributed by atoms with van der Waals surface area (Å²) < 4.78 is 5.15. The molecule has 1 aromatic carbocycles. The highest BCUT2D eigenvalue weighted by Crippen LogP contribution is 2.16. The van der Waals surface area contributed by atoms with Crippen LogP contribution in [0.2, 0.25) is 0 Å². The maximum atomic E-state index is 12.1. The smallest absolute Gasteiger partial charge is 0.261 e. The Labute approximate surface area is 127 Å². The lowest BCUT2D eigenvalue weighted by atomic mass is 10.2. The van der Waals surface area contributed by atoms with Crippen molar-refractivity contribution in [2.24, 2.45) is 5.73 Å². The number of carbonyl (C=O) groups excluding carboxylic acids is 1. The number of amides is 1. The molecule has 1 amide bonds. The van der Waals surface area contributed by atoms with Gasteiger partial charge in [0, 0.05) is 6.54 Å². The zero-order valence-electron chi connectivity index (χ0n) is 11.7. The monoisotopic (exact) mass is 300 g/mol. The molecule has 2 aromatic rings. The second-order valence-electron chi connectivity index (χ2n) is 4.20. The minimum Gasteiger partial charge on any atom is -0.497 e. The Morgan fingerprint density at radius 1 is 1.38 bits per heavy atom. The van der Waals surface area contributed by atoms with E-state index in [-0.39, 0.29) is 5.91 Å². The first-order chi connectivity index (χ1) is 10.2. The van der Waals surface area contributed by atoms with Crippen LogP contribution in [0, 0.1) is 11.8 Å². The van der Waals surface area contributed by atoms with Gasteiger partial charge in [0.05, 0.1) is 23.4 Å². The van der Waals surface area contributed by atoms with Crippen LogP contribution in [0.15, 0.2) is 36.4 Å². The molecule has 0 aliphatic carbocycles. The minimum atomic E-state index is -0.108. The van der Waals surface area contributed by atoms with E-state index in [2.05, 4.69) is 17.2 Å². The van der Waals surface area contributed by atoms with Crippen LogP contribution >= 0.6 is 11.3 Å². The summed E-state index contributed by atoms with van der Waals surface area (Å²) in [6, 6.07) is 11.2. The molecular weight excluding hydrogens is 284 g/mol. The number of rotatable bonds is 4. The predicted molar refractivity (Wildman–Crippen MR) is 84.4 cm³/mol. The van der Waals surface area contributed by atoms with Crippen LogP contribution in [0.1, 0.15) is 20.1 Å². The maximum absolute atomic E-state index is 12.1. The molecule has 0 saturated heterocycles. The summed E-state index contributed by atoms with van der Waals surface area (Å²) in [5.74, 6) is 6.35. The summed E-state index contributed by atoms with van der Waals surface area (Å²) in [5, 5.41) is 2.88. The van der Waals surface area contributed by atoms with Gasteiger partial charge >= 0.3 is 0 Å². The van der Waals surface area contributed by atoms with E-state index in [0.29, 0.717) is 18.0 Å². The number of methoxy groups -OCH3 is 1. The molecule has 1 aromatic heterocycles. The lowest BCUT2D eigenvalue weighted by molar-refractivity contribution is 0.0955. The number of thiophene rings is 1. The first-order valence-corrected chi connectivity index (χ1v) is 7.24. The Hall–Kier alpha value is -2.29. The molecule has 0 unspecified atom stereocenters. The van der Waals surface area contributed by atoms with Crippen LogP contribution < -0.4 is 15.8 Å². The molecule has 0 saturated carbocycles.